The SMILES string of the molecule is N#CCC#Cc1ncc(C(=O)O)s1. The van der Waals surface area contributed by atoms with Gasteiger partial charge in [0.1, 0.15) is 4.88 Å². The Morgan fingerprint density at radius 3 is 3.08 bits per heavy atom. The smallest absolute Gasteiger partial charge is 0.347 e. The predicted octanol–water partition coefficient (Wildman–Crippen LogP) is 1.11. The van der Waals surface area contributed by atoms with Crippen molar-refractivity contribution in [2.24, 2.45) is 0 Å². The first-order valence-electron chi connectivity index (χ1n) is 3.29. The number of nitriles is 1. The van der Waals surface area contributed by atoms with Crippen molar-refractivity contribution in [3.05, 3.63) is 16.1 Å². The average molecular weight is 192 g/mol. The molecule has 0 aromatic carbocycles. The van der Waals surface area contributed by atoms with E-state index in [0.717, 1.165) is 11.3 Å². The van der Waals surface area contributed by atoms with Gasteiger partial charge in [-0.25, -0.2) is 9.78 Å². The molecule has 0 saturated heterocycles. The number of carbonyl (C=O) groups is 1. The summed E-state index contributed by atoms with van der Waals surface area (Å²) in [5, 5.41) is 17.1. The number of hydrogen-bond donors (Lipinski definition) is 1. The average Bonchev–Trinajstić information content (AvgIpc) is 2.53. The highest BCUT2D eigenvalue weighted by molar-refractivity contribution is 7.14. The number of hydrogen-bond acceptors (Lipinski definition) is 4. The van der Waals surface area contributed by atoms with Gasteiger partial charge in [0, 0.05) is 0 Å². The van der Waals surface area contributed by atoms with E-state index < -0.39 is 5.97 Å². The van der Waals surface area contributed by atoms with Crippen molar-refractivity contribution >= 4 is 17.3 Å². The molecule has 13 heavy (non-hydrogen) atoms. The van der Waals surface area contributed by atoms with Gasteiger partial charge in [-0.2, -0.15) is 5.26 Å². The summed E-state index contributed by atoms with van der Waals surface area (Å²) in [6.07, 6.45) is 1.38. The summed E-state index contributed by atoms with van der Waals surface area (Å²) < 4.78 is 0. The van der Waals surface area contributed by atoms with Crippen LogP contribution in [0.25, 0.3) is 0 Å². The molecule has 1 N–H and O–H groups in total. The van der Waals surface area contributed by atoms with Gasteiger partial charge in [0.25, 0.3) is 0 Å². The van der Waals surface area contributed by atoms with E-state index in [2.05, 4.69) is 16.8 Å². The Balaban J connectivity index is 2.78. The zero-order chi connectivity index (χ0) is 9.68. The quantitative estimate of drug-likeness (QED) is 0.676. The van der Waals surface area contributed by atoms with Crippen LogP contribution in [0.5, 0.6) is 0 Å². The molecule has 5 heteroatoms. The van der Waals surface area contributed by atoms with Gasteiger partial charge < -0.3 is 5.11 Å². The van der Waals surface area contributed by atoms with Crippen LogP contribution in [-0.2, 0) is 0 Å². The Morgan fingerprint density at radius 2 is 2.54 bits per heavy atom. The zero-order valence-electron chi connectivity index (χ0n) is 6.44. The van der Waals surface area contributed by atoms with E-state index in [9.17, 15) is 4.79 Å². The van der Waals surface area contributed by atoms with Crippen molar-refractivity contribution in [3.63, 3.8) is 0 Å². The van der Waals surface area contributed by atoms with Crippen molar-refractivity contribution in [2.75, 3.05) is 0 Å². The van der Waals surface area contributed by atoms with Crippen LogP contribution in [0.4, 0.5) is 0 Å². The van der Waals surface area contributed by atoms with Gasteiger partial charge in [-0.1, -0.05) is 17.3 Å². The molecule has 1 heterocycles. The highest BCUT2D eigenvalue weighted by Crippen LogP contribution is 2.10. The monoisotopic (exact) mass is 192 g/mol. The minimum atomic E-state index is -1.01. The third-order valence-electron chi connectivity index (χ3n) is 1.08. The van der Waals surface area contributed by atoms with Gasteiger partial charge in [-0.05, 0) is 5.92 Å². The van der Waals surface area contributed by atoms with Crippen LogP contribution in [0.2, 0.25) is 0 Å². The molecule has 64 valence electrons. The molecule has 4 nitrogen and oxygen atoms in total. The molecular formula is C8H4N2O2S. The van der Waals surface area contributed by atoms with Gasteiger partial charge in [0.2, 0.25) is 0 Å². The molecular weight excluding hydrogens is 188 g/mol. The van der Waals surface area contributed by atoms with Crippen molar-refractivity contribution < 1.29 is 9.90 Å². The Morgan fingerprint density at radius 1 is 1.77 bits per heavy atom. The lowest BCUT2D eigenvalue weighted by molar-refractivity contribution is 0.0702. The largest absolute Gasteiger partial charge is 0.477 e. The molecule has 0 unspecified atom stereocenters. The van der Waals surface area contributed by atoms with Crippen LogP contribution in [0.15, 0.2) is 6.20 Å². The van der Waals surface area contributed by atoms with Crippen LogP contribution in [0, 0.1) is 23.2 Å². The van der Waals surface area contributed by atoms with Gasteiger partial charge in [0.15, 0.2) is 5.01 Å². The molecule has 0 amide bonds. The first kappa shape index (κ1) is 9.24. The highest BCUT2D eigenvalue weighted by atomic mass is 32.1. The summed E-state index contributed by atoms with van der Waals surface area (Å²) in [6.45, 7) is 0. The minimum absolute atomic E-state index is 0.127. The molecule has 0 bridgehead atoms. The molecule has 1 aromatic rings. The van der Waals surface area contributed by atoms with Crippen LogP contribution in [0.3, 0.4) is 0 Å². The number of carboxylic acids is 1. The van der Waals surface area contributed by atoms with E-state index in [1.54, 1.807) is 0 Å². The van der Waals surface area contributed by atoms with E-state index in [1.807, 2.05) is 6.07 Å². The summed E-state index contributed by atoms with van der Waals surface area (Å²) in [5.41, 5.74) is 0. The molecule has 0 aliphatic heterocycles. The number of aromatic carboxylic acids is 1. The molecule has 1 aromatic heterocycles. The number of nitrogens with zero attached hydrogens (tertiary/aromatic N) is 2. The van der Waals surface area contributed by atoms with Gasteiger partial charge in [-0.3, -0.25) is 0 Å². The maximum Gasteiger partial charge on any atom is 0.347 e. The molecule has 0 atom stereocenters. The van der Waals surface area contributed by atoms with Gasteiger partial charge >= 0.3 is 5.97 Å². The summed E-state index contributed by atoms with van der Waals surface area (Å²) in [7, 11) is 0. The normalized spacial score (nSPS) is 8.23. The van der Waals surface area contributed by atoms with E-state index in [0.29, 0.717) is 5.01 Å². The van der Waals surface area contributed by atoms with Crippen LogP contribution >= 0.6 is 11.3 Å². The molecule has 0 spiro atoms. The topological polar surface area (TPSA) is 74.0 Å². The number of carboxylic acid groups (broad SMARTS) is 1. The maximum absolute atomic E-state index is 10.4. The zero-order valence-corrected chi connectivity index (χ0v) is 7.26. The number of rotatable bonds is 1. The van der Waals surface area contributed by atoms with Crippen molar-refractivity contribution in [3.8, 4) is 17.9 Å². The van der Waals surface area contributed by atoms with Gasteiger partial charge in [-0.15, -0.1) is 0 Å². The second kappa shape index (κ2) is 4.24. The summed E-state index contributed by atoms with van der Waals surface area (Å²) in [5.74, 6) is 4.13. The van der Waals surface area contributed by atoms with Gasteiger partial charge in [0.05, 0.1) is 18.7 Å². The molecule has 0 aliphatic rings. The fourth-order valence-corrected chi connectivity index (χ4v) is 1.22. The van der Waals surface area contributed by atoms with E-state index in [-0.39, 0.29) is 11.3 Å². The lowest BCUT2D eigenvalue weighted by atomic mass is 10.5. The second-order valence-corrected chi connectivity index (χ2v) is 3.00. The van der Waals surface area contributed by atoms with Crippen LogP contribution < -0.4 is 0 Å². The Labute approximate surface area is 78.5 Å². The fourth-order valence-electron chi connectivity index (χ4n) is 0.590. The van der Waals surface area contributed by atoms with E-state index >= 15 is 0 Å². The minimum Gasteiger partial charge on any atom is -0.477 e. The number of aromatic nitrogens is 1. The van der Waals surface area contributed by atoms with E-state index in [1.165, 1.54) is 6.20 Å². The Bertz CT molecular complexity index is 419. The summed E-state index contributed by atoms with van der Waals surface area (Å²) in [6, 6.07) is 1.85. The van der Waals surface area contributed by atoms with Crippen molar-refractivity contribution in [1.29, 1.82) is 5.26 Å². The molecule has 0 fully saturated rings. The summed E-state index contributed by atoms with van der Waals surface area (Å²) >= 11 is 0.998. The first-order chi connectivity index (χ1) is 6.24. The molecule has 0 aliphatic carbocycles. The van der Waals surface area contributed by atoms with E-state index in [4.69, 9.17) is 10.4 Å². The van der Waals surface area contributed by atoms with Crippen LogP contribution in [0.1, 0.15) is 21.1 Å². The molecule has 0 radical (unpaired) electrons. The predicted molar refractivity (Wildman–Crippen MR) is 46.2 cm³/mol. The third kappa shape index (κ3) is 2.58. The van der Waals surface area contributed by atoms with Crippen LogP contribution in [-0.4, -0.2) is 16.1 Å². The molecule has 0 saturated carbocycles. The third-order valence-corrected chi connectivity index (χ3v) is 1.98. The Kier molecular flexibility index (Phi) is 3.02. The van der Waals surface area contributed by atoms with Crippen molar-refractivity contribution in [1.82, 2.24) is 4.98 Å². The highest BCUT2D eigenvalue weighted by Gasteiger charge is 2.05. The van der Waals surface area contributed by atoms with Crippen molar-refractivity contribution in [2.45, 2.75) is 6.42 Å². The maximum atomic E-state index is 10.4. The molecule has 1 rings (SSSR count). The first-order valence-corrected chi connectivity index (χ1v) is 4.10. The fraction of sp³-hybridized carbons (Fsp3) is 0.125. The Hall–Kier alpha value is -1.85. The number of thiazole rings is 1. The summed E-state index contributed by atoms with van der Waals surface area (Å²) in [4.78, 5) is 14.3. The standard InChI is InChI=1S/C8H4N2O2S/c9-4-2-1-3-7-10-5-6(13-7)8(11)12/h5H,2H2,(H,11,12). The lowest BCUT2D eigenvalue weighted by Crippen LogP contribution is -1.89. The lowest BCUT2D eigenvalue weighted by Gasteiger charge is -1.78. The second-order valence-electron chi connectivity index (χ2n) is 1.97.